The summed E-state index contributed by atoms with van der Waals surface area (Å²) in [6, 6.07) is 10.3. The second-order valence-electron chi connectivity index (χ2n) is 5.76. The third-order valence-electron chi connectivity index (χ3n) is 3.25. The molecule has 3 heterocycles. The van der Waals surface area contributed by atoms with Gasteiger partial charge in [-0.1, -0.05) is 26.8 Å². The number of nitrogens with one attached hydrogen (secondary N) is 1. The fourth-order valence-electron chi connectivity index (χ4n) is 2.19. The predicted molar refractivity (Wildman–Crippen MR) is 78.0 cm³/mol. The van der Waals surface area contributed by atoms with Gasteiger partial charge in [0.25, 0.3) is 0 Å². The van der Waals surface area contributed by atoms with Crippen LogP contribution in [-0.2, 0) is 5.41 Å². The normalized spacial score (nSPS) is 11.9. The summed E-state index contributed by atoms with van der Waals surface area (Å²) in [5, 5.41) is 1.11. The van der Waals surface area contributed by atoms with Crippen LogP contribution in [0.5, 0.6) is 0 Å². The number of pyridine rings is 2. The average Bonchev–Trinajstić information content (AvgIpc) is 2.86. The molecule has 0 aromatic carbocycles. The molecule has 0 aliphatic carbocycles. The largest absolute Gasteiger partial charge is 0.346 e. The Morgan fingerprint density at radius 1 is 1.05 bits per heavy atom. The van der Waals surface area contributed by atoms with Gasteiger partial charge >= 0.3 is 0 Å². The zero-order chi connectivity index (χ0) is 13.5. The lowest BCUT2D eigenvalue weighted by molar-refractivity contribution is 0.570. The Hall–Kier alpha value is -2.16. The molecule has 3 aromatic rings. The lowest BCUT2D eigenvalue weighted by atomic mass is 9.91. The summed E-state index contributed by atoms with van der Waals surface area (Å²) in [7, 11) is 0. The Morgan fingerprint density at radius 2 is 1.89 bits per heavy atom. The van der Waals surface area contributed by atoms with Crippen molar-refractivity contribution >= 4 is 11.0 Å². The van der Waals surface area contributed by atoms with Gasteiger partial charge in [0.15, 0.2) is 0 Å². The molecule has 3 rings (SSSR count). The van der Waals surface area contributed by atoms with Crippen molar-refractivity contribution in [1.82, 2.24) is 15.0 Å². The van der Waals surface area contributed by atoms with Gasteiger partial charge in [0.1, 0.15) is 5.65 Å². The fourth-order valence-corrected chi connectivity index (χ4v) is 2.19. The first-order chi connectivity index (χ1) is 9.05. The van der Waals surface area contributed by atoms with Crippen molar-refractivity contribution in [3.05, 3.63) is 48.4 Å². The number of hydrogen-bond acceptors (Lipinski definition) is 2. The van der Waals surface area contributed by atoms with Gasteiger partial charge in [0, 0.05) is 34.5 Å². The molecule has 0 saturated heterocycles. The van der Waals surface area contributed by atoms with Crippen LogP contribution in [0.4, 0.5) is 0 Å². The molecule has 0 bridgehead atoms. The Labute approximate surface area is 112 Å². The van der Waals surface area contributed by atoms with E-state index in [9.17, 15) is 0 Å². The maximum Gasteiger partial charge on any atom is 0.137 e. The van der Waals surface area contributed by atoms with E-state index >= 15 is 0 Å². The third-order valence-corrected chi connectivity index (χ3v) is 3.25. The second-order valence-corrected chi connectivity index (χ2v) is 5.76. The lowest BCUT2D eigenvalue weighted by Crippen LogP contribution is -2.13. The summed E-state index contributed by atoms with van der Waals surface area (Å²) in [5.74, 6) is 0. The molecule has 0 saturated carbocycles. The zero-order valence-electron chi connectivity index (χ0n) is 11.4. The molecule has 3 aromatic heterocycles. The van der Waals surface area contributed by atoms with E-state index < -0.39 is 0 Å². The first-order valence-electron chi connectivity index (χ1n) is 6.46. The van der Waals surface area contributed by atoms with Crippen molar-refractivity contribution in [2.24, 2.45) is 0 Å². The molecule has 0 radical (unpaired) electrons. The smallest absolute Gasteiger partial charge is 0.137 e. The highest BCUT2D eigenvalue weighted by atomic mass is 14.8. The van der Waals surface area contributed by atoms with Crippen LogP contribution in [0.3, 0.4) is 0 Å². The van der Waals surface area contributed by atoms with Gasteiger partial charge < -0.3 is 4.98 Å². The highest BCUT2D eigenvalue weighted by Crippen LogP contribution is 2.28. The van der Waals surface area contributed by atoms with E-state index in [0.29, 0.717) is 0 Å². The van der Waals surface area contributed by atoms with Crippen molar-refractivity contribution < 1.29 is 0 Å². The minimum absolute atomic E-state index is 0.0559. The third kappa shape index (κ3) is 2.12. The highest BCUT2D eigenvalue weighted by molar-refractivity contribution is 5.91. The standard InChI is InChI=1S/C16H17N3/c1-16(2,3)14-6-4-5-13(19-14)11-7-9-17-15-12(11)8-10-18-15/h4-10H,1-3H3,(H,17,18). The van der Waals surface area contributed by atoms with Crippen molar-refractivity contribution in [3.63, 3.8) is 0 Å². The maximum atomic E-state index is 4.80. The Kier molecular flexibility index (Phi) is 2.63. The number of aromatic nitrogens is 3. The van der Waals surface area contributed by atoms with Crippen LogP contribution < -0.4 is 0 Å². The Balaban J connectivity index is 2.19. The van der Waals surface area contributed by atoms with Crippen LogP contribution in [0, 0.1) is 0 Å². The maximum absolute atomic E-state index is 4.80. The van der Waals surface area contributed by atoms with E-state index in [4.69, 9.17) is 4.98 Å². The summed E-state index contributed by atoms with van der Waals surface area (Å²) in [5.41, 5.74) is 4.18. The number of rotatable bonds is 1. The molecule has 3 heteroatoms. The quantitative estimate of drug-likeness (QED) is 0.712. The molecule has 19 heavy (non-hydrogen) atoms. The SMILES string of the molecule is CC(C)(C)c1cccc(-c2ccnc3[nH]ccc23)n1. The van der Waals surface area contributed by atoms with Crippen LogP contribution in [-0.4, -0.2) is 15.0 Å². The average molecular weight is 251 g/mol. The highest BCUT2D eigenvalue weighted by Gasteiger charge is 2.16. The van der Waals surface area contributed by atoms with E-state index in [1.165, 1.54) is 0 Å². The zero-order valence-corrected chi connectivity index (χ0v) is 11.4. The summed E-state index contributed by atoms with van der Waals surface area (Å²) >= 11 is 0. The molecule has 0 aliphatic heterocycles. The van der Waals surface area contributed by atoms with Crippen molar-refractivity contribution in [3.8, 4) is 11.3 Å². The van der Waals surface area contributed by atoms with Gasteiger partial charge in [-0.2, -0.15) is 0 Å². The van der Waals surface area contributed by atoms with Crippen molar-refractivity contribution in [1.29, 1.82) is 0 Å². The van der Waals surface area contributed by atoms with Crippen molar-refractivity contribution in [2.75, 3.05) is 0 Å². The summed E-state index contributed by atoms with van der Waals surface area (Å²) < 4.78 is 0. The van der Waals surface area contributed by atoms with Crippen LogP contribution in [0.2, 0.25) is 0 Å². The molecule has 1 N–H and O–H groups in total. The van der Waals surface area contributed by atoms with E-state index in [0.717, 1.165) is 28.0 Å². The molecule has 0 amide bonds. The summed E-state index contributed by atoms with van der Waals surface area (Å²) in [6.07, 6.45) is 3.73. The molecule has 0 aliphatic rings. The molecule has 0 atom stereocenters. The van der Waals surface area contributed by atoms with Gasteiger partial charge in [0.2, 0.25) is 0 Å². The van der Waals surface area contributed by atoms with E-state index in [2.05, 4.69) is 48.9 Å². The topological polar surface area (TPSA) is 41.6 Å². The molecule has 0 fully saturated rings. The van der Waals surface area contributed by atoms with Crippen LogP contribution in [0.25, 0.3) is 22.3 Å². The molecular weight excluding hydrogens is 234 g/mol. The van der Waals surface area contributed by atoms with Gasteiger partial charge in [-0.15, -0.1) is 0 Å². The molecule has 3 nitrogen and oxygen atoms in total. The number of fused-ring (bicyclic) bond motifs is 1. The van der Waals surface area contributed by atoms with E-state index in [-0.39, 0.29) is 5.41 Å². The predicted octanol–water partition coefficient (Wildman–Crippen LogP) is 3.92. The summed E-state index contributed by atoms with van der Waals surface area (Å²) in [4.78, 5) is 12.3. The minimum atomic E-state index is 0.0559. The summed E-state index contributed by atoms with van der Waals surface area (Å²) in [6.45, 7) is 6.53. The van der Waals surface area contributed by atoms with Crippen molar-refractivity contribution in [2.45, 2.75) is 26.2 Å². The molecule has 0 unspecified atom stereocenters. The van der Waals surface area contributed by atoms with E-state index in [1.807, 2.05) is 24.5 Å². The van der Waals surface area contributed by atoms with Crippen LogP contribution >= 0.6 is 0 Å². The number of H-pyrrole nitrogens is 1. The minimum Gasteiger partial charge on any atom is -0.346 e. The van der Waals surface area contributed by atoms with Gasteiger partial charge in [-0.25, -0.2) is 4.98 Å². The van der Waals surface area contributed by atoms with Gasteiger partial charge in [-0.05, 0) is 24.3 Å². The lowest BCUT2D eigenvalue weighted by Gasteiger charge is -2.18. The first-order valence-corrected chi connectivity index (χ1v) is 6.46. The van der Waals surface area contributed by atoms with Crippen LogP contribution in [0.15, 0.2) is 42.7 Å². The number of nitrogens with zero attached hydrogens (tertiary/aromatic N) is 2. The number of aromatic amines is 1. The van der Waals surface area contributed by atoms with Gasteiger partial charge in [-0.3, -0.25) is 4.98 Å². The number of hydrogen-bond donors (Lipinski definition) is 1. The second kappa shape index (κ2) is 4.19. The molecule has 96 valence electrons. The van der Waals surface area contributed by atoms with Gasteiger partial charge in [0.05, 0.1) is 5.69 Å². The monoisotopic (exact) mass is 251 g/mol. The van der Waals surface area contributed by atoms with Crippen LogP contribution in [0.1, 0.15) is 26.5 Å². The Morgan fingerprint density at radius 3 is 2.68 bits per heavy atom. The molecular formula is C16H17N3. The van der Waals surface area contributed by atoms with E-state index in [1.54, 1.807) is 0 Å². The Bertz CT molecular complexity index is 720. The first kappa shape index (κ1) is 11.9. The molecule has 0 spiro atoms. The fraction of sp³-hybridized carbons (Fsp3) is 0.250.